The van der Waals surface area contributed by atoms with Crippen LogP contribution >= 0.6 is 15.9 Å². The zero-order valence-corrected chi connectivity index (χ0v) is 16.6. The van der Waals surface area contributed by atoms with Gasteiger partial charge in [-0.3, -0.25) is 9.59 Å². The smallest absolute Gasteiger partial charge is 0.254 e. The number of ether oxygens (including phenoxy) is 1. The Labute approximate surface area is 156 Å². The maximum Gasteiger partial charge on any atom is 0.254 e. The van der Waals surface area contributed by atoms with E-state index in [-0.39, 0.29) is 23.6 Å². The van der Waals surface area contributed by atoms with E-state index in [0.717, 1.165) is 30.2 Å². The molecule has 2 N–H and O–H groups in total. The second-order valence-corrected chi connectivity index (χ2v) is 8.26. The summed E-state index contributed by atoms with van der Waals surface area (Å²) in [7, 11) is 1.70. The Kier molecular flexibility index (Phi) is 6.68. The van der Waals surface area contributed by atoms with Crippen LogP contribution in [-0.2, 0) is 11.8 Å². The maximum absolute atomic E-state index is 11.9. The first kappa shape index (κ1) is 20.0. The molecular weight excluding hydrogens is 388 g/mol. The molecule has 1 aliphatic rings. The van der Waals surface area contributed by atoms with Crippen LogP contribution in [0.15, 0.2) is 21.5 Å². The van der Waals surface area contributed by atoms with E-state index in [0.29, 0.717) is 18.6 Å². The van der Waals surface area contributed by atoms with Crippen molar-refractivity contribution in [3.63, 3.8) is 0 Å². The molecule has 0 radical (unpaired) electrons. The number of hydrogen-bond donors (Lipinski definition) is 2. The lowest BCUT2D eigenvalue weighted by Gasteiger charge is -2.30. The Morgan fingerprint density at radius 3 is 2.64 bits per heavy atom. The summed E-state index contributed by atoms with van der Waals surface area (Å²) >= 11 is 3.42. The van der Waals surface area contributed by atoms with Gasteiger partial charge < -0.3 is 19.7 Å². The number of amides is 1. The molecule has 0 bridgehead atoms. The lowest BCUT2D eigenvalue weighted by molar-refractivity contribution is -0.123. The average Bonchev–Trinajstić information content (AvgIpc) is 2.52. The average molecular weight is 415 g/mol. The highest BCUT2D eigenvalue weighted by atomic mass is 79.9. The first-order valence-corrected chi connectivity index (χ1v) is 9.48. The van der Waals surface area contributed by atoms with Gasteiger partial charge in [-0.05, 0) is 61.9 Å². The SMILES string of the molecule is Cn1cc(Br)c(O[C@H]2CC[C@H](NC(=O)CCC(C)(C)O)CC2)cc1=O. The summed E-state index contributed by atoms with van der Waals surface area (Å²) in [5.74, 6) is 0.557. The molecule has 7 heteroatoms. The van der Waals surface area contributed by atoms with E-state index in [1.165, 1.54) is 10.6 Å². The number of rotatable bonds is 6. The van der Waals surface area contributed by atoms with Crippen molar-refractivity contribution in [2.45, 2.75) is 70.1 Å². The highest BCUT2D eigenvalue weighted by Crippen LogP contribution is 2.28. The maximum atomic E-state index is 11.9. The van der Waals surface area contributed by atoms with E-state index in [1.807, 2.05) is 0 Å². The molecular formula is C18H27BrN2O4. The van der Waals surface area contributed by atoms with Crippen LogP contribution in [0.5, 0.6) is 5.75 Å². The third-order valence-corrected chi connectivity index (χ3v) is 5.04. The molecule has 0 aromatic carbocycles. The fourth-order valence-electron chi connectivity index (χ4n) is 2.89. The summed E-state index contributed by atoms with van der Waals surface area (Å²) in [6.07, 6.45) is 5.90. The number of carbonyl (C=O) groups excluding carboxylic acids is 1. The van der Waals surface area contributed by atoms with Gasteiger partial charge in [0, 0.05) is 31.8 Å². The second kappa shape index (κ2) is 8.36. The standard InChI is InChI=1S/C18H27BrN2O4/c1-18(2,24)9-8-16(22)20-12-4-6-13(7-5-12)25-15-10-17(23)21(3)11-14(15)19/h10-13,24H,4-9H2,1-3H3,(H,20,22)/t12-,13-. The van der Waals surface area contributed by atoms with Crippen molar-refractivity contribution < 1.29 is 14.6 Å². The van der Waals surface area contributed by atoms with Gasteiger partial charge in [0.15, 0.2) is 0 Å². The van der Waals surface area contributed by atoms with E-state index in [1.54, 1.807) is 27.1 Å². The minimum Gasteiger partial charge on any atom is -0.489 e. The molecule has 1 heterocycles. The van der Waals surface area contributed by atoms with E-state index >= 15 is 0 Å². The number of aliphatic hydroxyl groups is 1. The van der Waals surface area contributed by atoms with Crippen LogP contribution in [0, 0.1) is 0 Å². The van der Waals surface area contributed by atoms with Crippen molar-refractivity contribution in [2.24, 2.45) is 7.05 Å². The van der Waals surface area contributed by atoms with Crippen molar-refractivity contribution in [3.8, 4) is 5.75 Å². The van der Waals surface area contributed by atoms with Gasteiger partial charge in [0.05, 0.1) is 16.2 Å². The van der Waals surface area contributed by atoms with Crippen LogP contribution in [0.1, 0.15) is 52.4 Å². The van der Waals surface area contributed by atoms with Gasteiger partial charge in [0.2, 0.25) is 5.91 Å². The predicted octanol–water partition coefficient (Wildman–Crippen LogP) is 2.51. The monoisotopic (exact) mass is 414 g/mol. The summed E-state index contributed by atoms with van der Waals surface area (Å²) in [5.41, 5.74) is -0.922. The third-order valence-electron chi connectivity index (χ3n) is 4.44. The van der Waals surface area contributed by atoms with Crippen LogP contribution in [0.2, 0.25) is 0 Å². The van der Waals surface area contributed by atoms with Crippen LogP contribution in [0.3, 0.4) is 0 Å². The number of pyridine rings is 1. The van der Waals surface area contributed by atoms with Crippen molar-refractivity contribution in [1.82, 2.24) is 9.88 Å². The molecule has 0 saturated heterocycles. The first-order valence-electron chi connectivity index (χ1n) is 8.68. The largest absolute Gasteiger partial charge is 0.489 e. The number of carbonyl (C=O) groups is 1. The Morgan fingerprint density at radius 2 is 2.04 bits per heavy atom. The molecule has 0 unspecified atom stereocenters. The lowest BCUT2D eigenvalue weighted by atomic mass is 9.92. The number of aromatic nitrogens is 1. The molecule has 140 valence electrons. The molecule has 2 rings (SSSR count). The highest BCUT2D eigenvalue weighted by Gasteiger charge is 2.25. The van der Waals surface area contributed by atoms with Gasteiger partial charge >= 0.3 is 0 Å². The van der Waals surface area contributed by atoms with Gasteiger partial charge in [-0.2, -0.15) is 0 Å². The summed E-state index contributed by atoms with van der Waals surface area (Å²) in [6.45, 7) is 3.41. The summed E-state index contributed by atoms with van der Waals surface area (Å²) in [5, 5.41) is 12.7. The van der Waals surface area contributed by atoms with Gasteiger partial charge in [-0.25, -0.2) is 0 Å². The molecule has 6 nitrogen and oxygen atoms in total. The minimum atomic E-state index is -0.817. The van der Waals surface area contributed by atoms with Crippen LogP contribution in [0.4, 0.5) is 0 Å². The van der Waals surface area contributed by atoms with Gasteiger partial charge in [0.1, 0.15) is 5.75 Å². The summed E-state index contributed by atoms with van der Waals surface area (Å²) in [6, 6.07) is 1.65. The third kappa shape index (κ3) is 6.47. The van der Waals surface area contributed by atoms with Crippen LogP contribution in [0.25, 0.3) is 0 Å². The molecule has 1 saturated carbocycles. The van der Waals surface area contributed by atoms with Gasteiger partial charge in [-0.15, -0.1) is 0 Å². The number of nitrogens with zero attached hydrogens (tertiary/aromatic N) is 1. The molecule has 1 aromatic rings. The fourth-order valence-corrected chi connectivity index (χ4v) is 3.41. The van der Waals surface area contributed by atoms with E-state index < -0.39 is 5.60 Å². The van der Waals surface area contributed by atoms with Crippen molar-refractivity contribution in [1.29, 1.82) is 0 Å². The molecule has 1 amide bonds. The molecule has 1 fully saturated rings. The number of hydrogen-bond acceptors (Lipinski definition) is 4. The Morgan fingerprint density at radius 1 is 1.40 bits per heavy atom. The highest BCUT2D eigenvalue weighted by molar-refractivity contribution is 9.10. The first-order chi connectivity index (χ1) is 11.6. The quantitative estimate of drug-likeness (QED) is 0.748. The van der Waals surface area contributed by atoms with Crippen molar-refractivity contribution >= 4 is 21.8 Å². The molecule has 0 spiro atoms. The number of nitrogens with one attached hydrogen (secondary N) is 1. The van der Waals surface area contributed by atoms with E-state index in [2.05, 4.69) is 21.2 Å². The molecule has 0 atom stereocenters. The molecule has 0 aliphatic heterocycles. The minimum absolute atomic E-state index is 0.0132. The fraction of sp³-hybridized carbons (Fsp3) is 0.667. The Balaban J connectivity index is 1.79. The topological polar surface area (TPSA) is 80.6 Å². The van der Waals surface area contributed by atoms with Crippen LogP contribution < -0.4 is 15.6 Å². The second-order valence-electron chi connectivity index (χ2n) is 7.41. The Bertz CT molecular complexity index is 658. The van der Waals surface area contributed by atoms with Crippen molar-refractivity contribution in [3.05, 3.63) is 27.1 Å². The normalized spacial score (nSPS) is 21.0. The van der Waals surface area contributed by atoms with Crippen LogP contribution in [-0.4, -0.2) is 33.3 Å². The molecule has 1 aliphatic carbocycles. The van der Waals surface area contributed by atoms with E-state index in [4.69, 9.17) is 4.74 Å². The Hall–Kier alpha value is -1.34. The molecule has 1 aromatic heterocycles. The van der Waals surface area contributed by atoms with E-state index in [9.17, 15) is 14.7 Å². The number of halogens is 1. The lowest BCUT2D eigenvalue weighted by Crippen LogP contribution is -2.40. The number of aryl methyl sites for hydroxylation is 1. The van der Waals surface area contributed by atoms with Gasteiger partial charge in [0.25, 0.3) is 5.56 Å². The zero-order valence-electron chi connectivity index (χ0n) is 15.0. The molecule has 25 heavy (non-hydrogen) atoms. The summed E-state index contributed by atoms with van der Waals surface area (Å²) < 4.78 is 8.22. The zero-order chi connectivity index (χ0) is 18.6. The van der Waals surface area contributed by atoms with Crippen molar-refractivity contribution in [2.75, 3.05) is 0 Å². The summed E-state index contributed by atoms with van der Waals surface area (Å²) in [4.78, 5) is 23.7. The van der Waals surface area contributed by atoms with Gasteiger partial charge in [-0.1, -0.05) is 0 Å². The predicted molar refractivity (Wildman–Crippen MR) is 99.7 cm³/mol.